The van der Waals surface area contributed by atoms with E-state index in [2.05, 4.69) is 10.2 Å². The summed E-state index contributed by atoms with van der Waals surface area (Å²) in [5.41, 5.74) is 5.15. The highest BCUT2D eigenvalue weighted by molar-refractivity contribution is 5.81. The molecule has 2 atom stereocenters. The Labute approximate surface area is 132 Å². The van der Waals surface area contributed by atoms with Crippen molar-refractivity contribution in [2.24, 2.45) is 11.7 Å². The number of primary amides is 1. The minimum absolute atomic E-state index is 0.0812. The van der Waals surface area contributed by atoms with E-state index in [1.807, 2.05) is 6.92 Å². The van der Waals surface area contributed by atoms with E-state index in [-0.39, 0.29) is 17.9 Å². The Balaban J connectivity index is 1.77. The maximum Gasteiger partial charge on any atom is 0.246 e. The molecule has 2 amide bonds. The van der Waals surface area contributed by atoms with Gasteiger partial charge in [-0.25, -0.2) is 0 Å². The summed E-state index contributed by atoms with van der Waals surface area (Å²) in [7, 11) is 0. The Hall–Kier alpha value is -1.14. The first-order chi connectivity index (χ1) is 10.5. The Kier molecular flexibility index (Phi) is 6.20. The van der Waals surface area contributed by atoms with Crippen molar-refractivity contribution in [3.63, 3.8) is 0 Å². The fraction of sp³-hybridized carbons (Fsp3) is 0.875. The van der Waals surface area contributed by atoms with Crippen LogP contribution >= 0.6 is 0 Å². The number of piperidine rings is 1. The fourth-order valence-electron chi connectivity index (χ4n) is 3.59. The number of nitrogens with zero attached hydrogens (tertiary/aromatic N) is 1. The number of nitrogens with two attached hydrogens (primary N) is 1. The standard InChI is InChI=1S/C16H29N3O3/c1-11(16(22)18-13-5-3-2-4-6-13)19-9-7-12(8-10-19)14(20)15(17)21/h11-14,20H,2-10H2,1H3,(H2,17,21)(H,18,22). The Morgan fingerprint density at radius 1 is 1.14 bits per heavy atom. The average Bonchev–Trinajstić information content (AvgIpc) is 2.54. The molecule has 126 valence electrons. The van der Waals surface area contributed by atoms with E-state index in [9.17, 15) is 14.7 Å². The highest BCUT2D eigenvalue weighted by Crippen LogP contribution is 2.23. The van der Waals surface area contributed by atoms with Gasteiger partial charge in [0.2, 0.25) is 11.8 Å². The summed E-state index contributed by atoms with van der Waals surface area (Å²) in [5, 5.41) is 12.9. The van der Waals surface area contributed by atoms with E-state index in [1.165, 1.54) is 19.3 Å². The Morgan fingerprint density at radius 2 is 1.73 bits per heavy atom. The van der Waals surface area contributed by atoms with Crippen molar-refractivity contribution < 1.29 is 14.7 Å². The van der Waals surface area contributed by atoms with Gasteiger partial charge in [0.1, 0.15) is 6.10 Å². The Bertz CT molecular complexity index is 388. The second kappa shape index (κ2) is 7.92. The van der Waals surface area contributed by atoms with Crippen LogP contribution in [0.4, 0.5) is 0 Å². The topological polar surface area (TPSA) is 95.7 Å². The first-order valence-corrected chi connectivity index (χ1v) is 8.51. The molecule has 2 rings (SSSR count). The number of aliphatic hydroxyl groups is 1. The number of aliphatic hydroxyl groups excluding tert-OH is 1. The predicted molar refractivity (Wildman–Crippen MR) is 84.0 cm³/mol. The van der Waals surface area contributed by atoms with Crippen LogP contribution in [-0.4, -0.2) is 53.1 Å². The molecule has 1 saturated heterocycles. The normalized spacial score (nSPS) is 24.6. The lowest BCUT2D eigenvalue weighted by Crippen LogP contribution is -2.52. The molecule has 0 bridgehead atoms. The van der Waals surface area contributed by atoms with Crippen molar-refractivity contribution in [3.05, 3.63) is 0 Å². The lowest BCUT2D eigenvalue weighted by Gasteiger charge is -2.37. The van der Waals surface area contributed by atoms with E-state index >= 15 is 0 Å². The van der Waals surface area contributed by atoms with Crippen LogP contribution in [0.3, 0.4) is 0 Å². The van der Waals surface area contributed by atoms with Crippen LogP contribution in [0, 0.1) is 5.92 Å². The summed E-state index contributed by atoms with van der Waals surface area (Å²) in [6.45, 7) is 3.37. The van der Waals surface area contributed by atoms with Gasteiger partial charge < -0.3 is 16.2 Å². The molecule has 6 heteroatoms. The Morgan fingerprint density at radius 3 is 2.27 bits per heavy atom. The van der Waals surface area contributed by atoms with Crippen LogP contribution < -0.4 is 11.1 Å². The number of hydrogen-bond acceptors (Lipinski definition) is 4. The molecule has 0 aromatic heterocycles. The molecule has 6 nitrogen and oxygen atoms in total. The van der Waals surface area contributed by atoms with Crippen molar-refractivity contribution in [3.8, 4) is 0 Å². The van der Waals surface area contributed by atoms with Gasteiger partial charge in [-0.15, -0.1) is 0 Å². The minimum Gasteiger partial charge on any atom is -0.383 e. The summed E-state index contributed by atoms with van der Waals surface area (Å²) in [5.74, 6) is -0.635. The lowest BCUT2D eigenvalue weighted by atomic mass is 9.90. The zero-order chi connectivity index (χ0) is 16.1. The van der Waals surface area contributed by atoms with Gasteiger partial charge in [0.15, 0.2) is 0 Å². The number of amides is 2. The summed E-state index contributed by atoms with van der Waals surface area (Å²) in [4.78, 5) is 25.5. The molecule has 1 heterocycles. The van der Waals surface area contributed by atoms with Gasteiger partial charge >= 0.3 is 0 Å². The zero-order valence-corrected chi connectivity index (χ0v) is 13.5. The van der Waals surface area contributed by atoms with Gasteiger partial charge in [-0.05, 0) is 51.6 Å². The molecular weight excluding hydrogens is 282 g/mol. The largest absolute Gasteiger partial charge is 0.383 e. The van der Waals surface area contributed by atoms with Crippen molar-refractivity contribution in [1.82, 2.24) is 10.2 Å². The second-order valence-corrected chi connectivity index (χ2v) is 6.74. The smallest absolute Gasteiger partial charge is 0.246 e. The third-order valence-corrected chi connectivity index (χ3v) is 5.19. The van der Waals surface area contributed by atoms with Crippen LogP contribution in [0.1, 0.15) is 51.9 Å². The summed E-state index contributed by atoms with van der Waals surface area (Å²) < 4.78 is 0. The van der Waals surface area contributed by atoms with Crippen LogP contribution in [0.2, 0.25) is 0 Å². The third kappa shape index (κ3) is 4.43. The van der Waals surface area contributed by atoms with E-state index in [0.717, 1.165) is 12.8 Å². The van der Waals surface area contributed by atoms with Crippen molar-refractivity contribution in [1.29, 1.82) is 0 Å². The number of carbonyl (C=O) groups is 2. The number of nitrogens with one attached hydrogen (secondary N) is 1. The number of likely N-dealkylation sites (tertiary alicyclic amines) is 1. The molecular formula is C16H29N3O3. The van der Waals surface area contributed by atoms with Crippen LogP contribution in [0.25, 0.3) is 0 Å². The van der Waals surface area contributed by atoms with E-state index in [1.54, 1.807) is 0 Å². The quantitative estimate of drug-likeness (QED) is 0.684. The van der Waals surface area contributed by atoms with Crippen LogP contribution in [0.15, 0.2) is 0 Å². The van der Waals surface area contributed by atoms with Gasteiger partial charge in [-0.1, -0.05) is 19.3 Å². The SMILES string of the molecule is CC(C(=O)NC1CCCCC1)N1CCC(C(O)C(N)=O)CC1. The summed E-state index contributed by atoms with van der Waals surface area (Å²) in [6, 6.07) is 0.173. The van der Waals surface area contributed by atoms with E-state index in [0.29, 0.717) is 32.0 Å². The van der Waals surface area contributed by atoms with E-state index in [4.69, 9.17) is 5.73 Å². The number of hydrogen-bond donors (Lipinski definition) is 3. The summed E-state index contributed by atoms with van der Waals surface area (Å²) >= 11 is 0. The molecule has 1 aliphatic heterocycles. The van der Waals surface area contributed by atoms with Crippen LogP contribution in [-0.2, 0) is 9.59 Å². The van der Waals surface area contributed by atoms with Crippen molar-refractivity contribution in [2.75, 3.05) is 13.1 Å². The summed E-state index contributed by atoms with van der Waals surface area (Å²) in [6.07, 6.45) is 6.20. The van der Waals surface area contributed by atoms with Gasteiger partial charge in [0, 0.05) is 6.04 Å². The molecule has 0 aromatic rings. The molecule has 22 heavy (non-hydrogen) atoms. The molecule has 4 N–H and O–H groups in total. The average molecular weight is 311 g/mol. The first kappa shape index (κ1) is 17.2. The maximum atomic E-state index is 12.4. The van der Waals surface area contributed by atoms with Crippen molar-refractivity contribution >= 4 is 11.8 Å². The van der Waals surface area contributed by atoms with Gasteiger partial charge in [0.05, 0.1) is 6.04 Å². The van der Waals surface area contributed by atoms with E-state index < -0.39 is 12.0 Å². The molecule has 1 saturated carbocycles. The monoisotopic (exact) mass is 311 g/mol. The first-order valence-electron chi connectivity index (χ1n) is 8.51. The highest BCUT2D eigenvalue weighted by atomic mass is 16.3. The van der Waals surface area contributed by atoms with Crippen molar-refractivity contribution in [2.45, 2.75) is 70.1 Å². The number of carbonyl (C=O) groups excluding carboxylic acids is 2. The van der Waals surface area contributed by atoms with Gasteiger partial charge in [-0.3, -0.25) is 14.5 Å². The molecule has 0 spiro atoms. The molecule has 0 aromatic carbocycles. The zero-order valence-electron chi connectivity index (χ0n) is 13.5. The number of rotatable bonds is 5. The van der Waals surface area contributed by atoms with Crippen LogP contribution in [0.5, 0.6) is 0 Å². The minimum atomic E-state index is -1.06. The molecule has 2 unspecified atom stereocenters. The fourth-order valence-corrected chi connectivity index (χ4v) is 3.59. The molecule has 2 aliphatic rings. The third-order valence-electron chi connectivity index (χ3n) is 5.19. The lowest BCUT2D eigenvalue weighted by molar-refractivity contribution is -0.132. The predicted octanol–water partition coefficient (Wildman–Crippen LogP) is 0.382. The molecule has 0 radical (unpaired) electrons. The van der Waals surface area contributed by atoms with Gasteiger partial charge in [-0.2, -0.15) is 0 Å². The second-order valence-electron chi connectivity index (χ2n) is 6.74. The van der Waals surface area contributed by atoms with Gasteiger partial charge in [0.25, 0.3) is 0 Å². The molecule has 2 fully saturated rings. The maximum absolute atomic E-state index is 12.4. The highest BCUT2D eigenvalue weighted by Gasteiger charge is 2.32. The molecule has 1 aliphatic carbocycles.